The van der Waals surface area contributed by atoms with Crippen molar-refractivity contribution in [1.29, 1.82) is 0 Å². The molecule has 0 aliphatic carbocycles. The largest absolute Gasteiger partial charge is 0.378 e. The monoisotopic (exact) mass is 286 g/mol. The van der Waals surface area contributed by atoms with Crippen molar-refractivity contribution in [2.45, 2.75) is 13.0 Å². The fourth-order valence-corrected chi connectivity index (χ4v) is 3.08. The molecule has 4 heterocycles. The first-order valence-electron chi connectivity index (χ1n) is 7.39. The number of imidazole rings is 1. The van der Waals surface area contributed by atoms with E-state index in [1.54, 1.807) is 0 Å². The van der Waals surface area contributed by atoms with E-state index in [0.29, 0.717) is 32.8 Å². The predicted molar refractivity (Wildman–Crippen MR) is 77.1 cm³/mol. The summed E-state index contributed by atoms with van der Waals surface area (Å²) >= 11 is 0. The third-order valence-electron chi connectivity index (χ3n) is 4.22. The number of nitrogens with zero attached hydrogens (tertiary/aromatic N) is 4. The van der Waals surface area contributed by atoms with Crippen LogP contribution in [0.25, 0.3) is 5.65 Å². The highest BCUT2D eigenvalue weighted by Gasteiger charge is 2.28. The van der Waals surface area contributed by atoms with Crippen LogP contribution in [0.1, 0.15) is 11.4 Å². The zero-order valence-electron chi connectivity index (χ0n) is 11.9. The molecule has 0 N–H and O–H groups in total. The number of morpholine rings is 1. The normalized spacial score (nSPS) is 18.9. The number of hydrogen-bond donors (Lipinski definition) is 0. The molecule has 0 unspecified atom stereocenters. The Morgan fingerprint density at radius 3 is 2.86 bits per heavy atom. The van der Waals surface area contributed by atoms with Gasteiger partial charge in [-0.1, -0.05) is 6.07 Å². The first kappa shape index (κ1) is 12.6. The van der Waals surface area contributed by atoms with Crippen LogP contribution in [0, 0.1) is 0 Å². The third-order valence-corrected chi connectivity index (χ3v) is 4.22. The van der Waals surface area contributed by atoms with Gasteiger partial charge in [0.1, 0.15) is 5.65 Å². The summed E-state index contributed by atoms with van der Waals surface area (Å²) in [7, 11) is 0. The SMILES string of the molecule is O=C(N1CCOCC1)N1CCc2nc3ccccn3c2C1. The van der Waals surface area contributed by atoms with Crippen LogP contribution in [-0.4, -0.2) is 58.1 Å². The average Bonchev–Trinajstić information content (AvgIpc) is 2.93. The zero-order valence-corrected chi connectivity index (χ0v) is 11.9. The summed E-state index contributed by atoms with van der Waals surface area (Å²) in [5, 5.41) is 0. The molecular weight excluding hydrogens is 268 g/mol. The Hall–Kier alpha value is -2.08. The highest BCUT2D eigenvalue weighted by molar-refractivity contribution is 5.75. The Bertz CT molecular complexity index is 675. The van der Waals surface area contributed by atoms with E-state index in [1.807, 2.05) is 34.2 Å². The van der Waals surface area contributed by atoms with Gasteiger partial charge < -0.3 is 18.9 Å². The minimum atomic E-state index is 0.120. The van der Waals surface area contributed by atoms with Crippen molar-refractivity contribution in [2.24, 2.45) is 0 Å². The number of pyridine rings is 1. The van der Waals surface area contributed by atoms with Gasteiger partial charge in [0.15, 0.2) is 0 Å². The van der Waals surface area contributed by atoms with Crippen molar-refractivity contribution in [3.8, 4) is 0 Å². The lowest BCUT2D eigenvalue weighted by Gasteiger charge is -2.34. The number of amides is 2. The van der Waals surface area contributed by atoms with Gasteiger partial charge in [-0.2, -0.15) is 0 Å². The molecule has 0 radical (unpaired) electrons. The Kier molecular flexibility index (Phi) is 3.03. The molecule has 0 saturated carbocycles. The summed E-state index contributed by atoms with van der Waals surface area (Å²) in [6.07, 6.45) is 2.84. The lowest BCUT2D eigenvalue weighted by Crippen LogP contribution is -2.49. The highest BCUT2D eigenvalue weighted by Crippen LogP contribution is 2.21. The summed E-state index contributed by atoms with van der Waals surface area (Å²) < 4.78 is 7.40. The van der Waals surface area contributed by atoms with Crippen LogP contribution >= 0.6 is 0 Å². The van der Waals surface area contributed by atoms with Crippen molar-refractivity contribution in [3.63, 3.8) is 0 Å². The van der Waals surface area contributed by atoms with Crippen LogP contribution in [-0.2, 0) is 17.7 Å². The molecule has 0 spiro atoms. The Labute approximate surface area is 122 Å². The molecule has 1 fully saturated rings. The smallest absolute Gasteiger partial charge is 0.320 e. The van der Waals surface area contributed by atoms with E-state index in [9.17, 15) is 4.79 Å². The van der Waals surface area contributed by atoms with E-state index in [-0.39, 0.29) is 6.03 Å². The van der Waals surface area contributed by atoms with Crippen LogP contribution < -0.4 is 0 Å². The quantitative estimate of drug-likeness (QED) is 0.730. The van der Waals surface area contributed by atoms with Crippen molar-refractivity contribution in [2.75, 3.05) is 32.8 Å². The van der Waals surface area contributed by atoms with Gasteiger partial charge in [0.25, 0.3) is 0 Å². The van der Waals surface area contributed by atoms with Crippen molar-refractivity contribution in [3.05, 3.63) is 35.8 Å². The number of hydrogen-bond acceptors (Lipinski definition) is 3. The van der Waals surface area contributed by atoms with Crippen molar-refractivity contribution in [1.82, 2.24) is 19.2 Å². The van der Waals surface area contributed by atoms with Crippen molar-refractivity contribution < 1.29 is 9.53 Å². The lowest BCUT2D eigenvalue weighted by atomic mass is 10.1. The van der Waals surface area contributed by atoms with E-state index in [2.05, 4.69) is 9.38 Å². The summed E-state index contributed by atoms with van der Waals surface area (Å²) in [6, 6.07) is 6.11. The van der Waals surface area contributed by atoms with Gasteiger partial charge in [0.2, 0.25) is 0 Å². The van der Waals surface area contributed by atoms with E-state index in [1.165, 1.54) is 0 Å². The molecule has 1 saturated heterocycles. The van der Waals surface area contributed by atoms with Gasteiger partial charge in [0, 0.05) is 32.3 Å². The maximum Gasteiger partial charge on any atom is 0.320 e. The number of carbonyl (C=O) groups is 1. The summed E-state index contributed by atoms with van der Waals surface area (Å²) in [5.74, 6) is 0. The van der Waals surface area contributed by atoms with Gasteiger partial charge in [-0.25, -0.2) is 9.78 Å². The molecular formula is C15H18N4O2. The van der Waals surface area contributed by atoms with E-state index in [0.717, 1.165) is 30.0 Å². The molecule has 2 amide bonds. The molecule has 6 heteroatoms. The summed E-state index contributed by atoms with van der Waals surface area (Å²) in [4.78, 5) is 21.1. The fourth-order valence-electron chi connectivity index (χ4n) is 3.08. The van der Waals surface area contributed by atoms with Gasteiger partial charge in [-0.3, -0.25) is 0 Å². The first-order valence-corrected chi connectivity index (χ1v) is 7.39. The molecule has 2 aromatic heterocycles. The van der Waals surface area contributed by atoms with Gasteiger partial charge in [-0.15, -0.1) is 0 Å². The Morgan fingerprint density at radius 2 is 2.00 bits per heavy atom. The summed E-state index contributed by atoms with van der Waals surface area (Å²) in [5.41, 5.74) is 3.22. The minimum absolute atomic E-state index is 0.120. The van der Waals surface area contributed by atoms with Crippen LogP contribution in [0.3, 0.4) is 0 Å². The molecule has 4 rings (SSSR count). The highest BCUT2D eigenvalue weighted by atomic mass is 16.5. The minimum Gasteiger partial charge on any atom is -0.378 e. The third kappa shape index (κ3) is 2.15. The summed E-state index contributed by atoms with van der Waals surface area (Å²) in [6.45, 7) is 4.04. The fraction of sp³-hybridized carbons (Fsp3) is 0.467. The van der Waals surface area contributed by atoms with E-state index in [4.69, 9.17) is 4.74 Å². The van der Waals surface area contributed by atoms with Crippen LogP contribution in [0.4, 0.5) is 4.79 Å². The zero-order chi connectivity index (χ0) is 14.2. The average molecular weight is 286 g/mol. The van der Waals surface area contributed by atoms with E-state index >= 15 is 0 Å². The Balaban J connectivity index is 1.59. The molecule has 0 aromatic carbocycles. The van der Waals surface area contributed by atoms with Gasteiger partial charge in [-0.05, 0) is 12.1 Å². The lowest BCUT2D eigenvalue weighted by molar-refractivity contribution is 0.0420. The van der Waals surface area contributed by atoms with E-state index < -0.39 is 0 Å². The molecule has 2 aliphatic rings. The van der Waals surface area contributed by atoms with Crippen LogP contribution in [0.2, 0.25) is 0 Å². The number of ether oxygens (including phenoxy) is 1. The Morgan fingerprint density at radius 1 is 1.14 bits per heavy atom. The second-order valence-electron chi connectivity index (χ2n) is 5.49. The van der Waals surface area contributed by atoms with Gasteiger partial charge >= 0.3 is 6.03 Å². The molecule has 2 aliphatic heterocycles. The number of urea groups is 1. The maximum absolute atomic E-state index is 12.6. The molecule has 2 aromatic rings. The number of fused-ring (bicyclic) bond motifs is 3. The van der Waals surface area contributed by atoms with Gasteiger partial charge in [0.05, 0.1) is 31.1 Å². The molecule has 0 atom stereocenters. The first-order chi connectivity index (χ1) is 10.3. The second kappa shape index (κ2) is 5.04. The second-order valence-corrected chi connectivity index (χ2v) is 5.49. The maximum atomic E-state index is 12.6. The molecule has 6 nitrogen and oxygen atoms in total. The topological polar surface area (TPSA) is 50.1 Å². The number of rotatable bonds is 0. The van der Waals surface area contributed by atoms with Crippen molar-refractivity contribution >= 4 is 11.7 Å². The van der Waals surface area contributed by atoms with Crippen LogP contribution in [0.15, 0.2) is 24.4 Å². The number of aromatic nitrogens is 2. The number of carbonyl (C=O) groups excluding carboxylic acids is 1. The molecule has 0 bridgehead atoms. The predicted octanol–water partition coefficient (Wildman–Crippen LogP) is 1.14. The standard InChI is InChI=1S/C15H18N4O2/c20-15(17-7-9-21-10-8-17)18-6-4-12-13(11-18)19-5-2-1-3-14(19)16-12/h1-3,5H,4,6-11H2. The molecule has 110 valence electrons. The molecule has 21 heavy (non-hydrogen) atoms. The van der Waals surface area contributed by atoms with Crippen LogP contribution in [0.5, 0.6) is 0 Å².